The molecule has 1 heterocycles. The average molecular weight is 281 g/mol. The van der Waals surface area contributed by atoms with E-state index in [1.165, 1.54) is 0 Å². The van der Waals surface area contributed by atoms with Crippen molar-refractivity contribution in [1.29, 1.82) is 0 Å². The topological polar surface area (TPSA) is 85.2 Å². The third-order valence-corrected chi connectivity index (χ3v) is 3.18. The average Bonchev–Trinajstić information content (AvgIpc) is 2.99. The Labute approximate surface area is 122 Å². The van der Waals surface area contributed by atoms with Gasteiger partial charge in [0.05, 0.1) is 6.04 Å². The molecule has 5 heteroatoms. The quantitative estimate of drug-likeness (QED) is 0.768. The first-order chi connectivity index (χ1) is 10.2. The van der Waals surface area contributed by atoms with E-state index in [2.05, 4.69) is 10.1 Å². The summed E-state index contributed by atoms with van der Waals surface area (Å²) in [6.07, 6.45) is 0.637. The standard InChI is InChI=1S/C16H15N3O2/c17-14(10-11-4-2-1-3-5-11)16-18-15(19-21-16)12-6-8-13(20)9-7-12/h1-9,14,20H,10,17H2/t14-/m0/s1. The highest BCUT2D eigenvalue weighted by Gasteiger charge is 2.16. The Kier molecular flexibility index (Phi) is 3.66. The van der Waals surface area contributed by atoms with Gasteiger partial charge in [0, 0.05) is 5.56 Å². The molecule has 0 aliphatic rings. The number of phenols is 1. The molecule has 2 aromatic carbocycles. The lowest BCUT2D eigenvalue weighted by Gasteiger charge is -2.05. The molecule has 0 radical (unpaired) electrons. The lowest BCUT2D eigenvalue weighted by molar-refractivity contribution is 0.354. The zero-order valence-corrected chi connectivity index (χ0v) is 11.3. The number of phenolic OH excluding ortho intramolecular Hbond substituents is 1. The molecule has 0 fully saturated rings. The smallest absolute Gasteiger partial charge is 0.244 e. The Bertz CT molecular complexity index is 708. The normalized spacial score (nSPS) is 12.2. The summed E-state index contributed by atoms with van der Waals surface area (Å²) < 4.78 is 5.23. The highest BCUT2D eigenvalue weighted by atomic mass is 16.5. The van der Waals surface area contributed by atoms with Gasteiger partial charge < -0.3 is 15.4 Å². The predicted octanol–water partition coefficient (Wildman–Crippen LogP) is 2.68. The molecule has 0 aliphatic carbocycles. The van der Waals surface area contributed by atoms with Crippen molar-refractivity contribution in [2.45, 2.75) is 12.5 Å². The van der Waals surface area contributed by atoms with Crippen molar-refractivity contribution in [3.8, 4) is 17.1 Å². The minimum absolute atomic E-state index is 0.197. The van der Waals surface area contributed by atoms with Crippen molar-refractivity contribution in [1.82, 2.24) is 10.1 Å². The van der Waals surface area contributed by atoms with Crippen LogP contribution in [0.2, 0.25) is 0 Å². The van der Waals surface area contributed by atoms with Gasteiger partial charge in [0.2, 0.25) is 11.7 Å². The fraction of sp³-hybridized carbons (Fsp3) is 0.125. The number of hydrogen-bond donors (Lipinski definition) is 2. The molecule has 0 amide bonds. The SMILES string of the molecule is N[C@@H](Cc1ccccc1)c1nc(-c2ccc(O)cc2)no1. The fourth-order valence-electron chi connectivity index (χ4n) is 2.07. The number of nitrogens with two attached hydrogens (primary N) is 1. The zero-order chi connectivity index (χ0) is 14.7. The van der Waals surface area contributed by atoms with Gasteiger partial charge in [0.25, 0.3) is 0 Å². The molecule has 106 valence electrons. The van der Waals surface area contributed by atoms with Crippen molar-refractivity contribution in [3.05, 3.63) is 66.1 Å². The third kappa shape index (κ3) is 3.09. The van der Waals surface area contributed by atoms with Gasteiger partial charge in [-0.2, -0.15) is 4.98 Å². The summed E-state index contributed by atoms with van der Waals surface area (Å²) in [5.74, 6) is 1.07. The Morgan fingerprint density at radius 3 is 2.48 bits per heavy atom. The van der Waals surface area contributed by atoms with Crippen LogP contribution in [-0.4, -0.2) is 15.2 Å². The number of hydrogen-bond acceptors (Lipinski definition) is 5. The van der Waals surface area contributed by atoms with E-state index in [0.29, 0.717) is 18.1 Å². The summed E-state index contributed by atoms with van der Waals surface area (Å²) in [7, 11) is 0. The summed E-state index contributed by atoms with van der Waals surface area (Å²) in [5.41, 5.74) is 8.00. The lowest BCUT2D eigenvalue weighted by atomic mass is 10.1. The van der Waals surface area contributed by atoms with E-state index in [-0.39, 0.29) is 11.8 Å². The van der Waals surface area contributed by atoms with E-state index in [1.807, 2.05) is 30.3 Å². The van der Waals surface area contributed by atoms with Crippen molar-refractivity contribution < 1.29 is 9.63 Å². The van der Waals surface area contributed by atoms with Gasteiger partial charge in [0.1, 0.15) is 5.75 Å². The van der Waals surface area contributed by atoms with Gasteiger partial charge in [-0.15, -0.1) is 0 Å². The summed E-state index contributed by atoms with van der Waals surface area (Å²) in [6, 6.07) is 16.2. The van der Waals surface area contributed by atoms with Gasteiger partial charge in [-0.3, -0.25) is 0 Å². The van der Waals surface area contributed by atoms with Crippen LogP contribution in [0.1, 0.15) is 17.5 Å². The maximum absolute atomic E-state index is 9.28. The van der Waals surface area contributed by atoms with E-state index < -0.39 is 0 Å². The van der Waals surface area contributed by atoms with Gasteiger partial charge in [-0.05, 0) is 36.2 Å². The van der Waals surface area contributed by atoms with Gasteiger partial charge in [-0.1, -0.05) is 35.5 Å². The van der Waals surface area contributed by atoms with Crippen LogP contribution in [0.3, 0.4) is 0 Å². The first-order valence-corrected chi connectivity index (χ1v) is 6.65. The van der Waals surface area contributed by atoms with Gasteiger partial charge in [-0.25, -0.2) is 0 Å². The molecule has 21 heavy (non-hydrogen) atoms. The van der Waals surface area contributed by atoms with Crippen LogP contribution >= 0.6 is 0 Å². The maximum atomic E-state index is 9.28. The second-order valence-corrected chi connectivity index (χ2v) is 4.80. The Morgan fingerprint density at radius 1 is 1.05 bits per heavy atom. The number of aromatic hydroxyl groups is 1. The van der Waals surface area contributed by atoms with Crippen LogP contribution in [0.15, 0.2) is 59.1 Å². The highest BCUT2D eigenvalue weighted by molar-refractivity contribution is 5.55. The molecule has 3 aromatic rings. The molecule has 3 N–H and O–H groups in total. The zero-order valence-electron chi connectivity index (χ0n) is 11.3. The van der Waals surface area contributed by atoms with Gasteiger partial charge in [0.15, 0.2) is 0 Å². The Hall–Kier alpha value is -2.66. The van der Waals surface area contributed by atoms with E-state index >= 15 is 0 Å². The second-order valence-electron chi connectivity index (χ2n) is 4.80. The molecule has 3 rings (SSSR count). The maximum Gasteiger partial charge on any atom is 0.244 e. The molecular weight excluding hydrogens is 266 g/mol. The molecule has 0 aliphatic heterocycles. The van der Waals surface area contributed by atoms with E-state index in [0.717, 1.165) is 11.1 Å². The van der Waals surface area contributed by atoms with Crippen LogP contribution in [0.4, 0.5) is 0 Å². The van der Waals surface area contributed by atoms with Crippen molar-refractivity contribution in [2.75, 3.05) is 0 Å². The first-order valence-electron chi connectivity index (χ1n) is 6.65. The van der Waals surface area contributed by atoms with Crippen LogP contribution in [-0.2, 0) is 6.42 Å². The predicted molar refractivity (Wildman–Crippen MR) is 78.5 cm³/mol. The number of rotatable bonds is 4. The molecule has 0 bridgehead atoms. The molecule has 0 unspecified atom stereocenters. The lowest BCUT2D eigenvalue weighted by Crippen LogP contribution is -2.13. The van der Waals surface area contributed by atoms with Crippen molar-refractivity contribution in [3.63, 3.8) is 0 Å². The Morgan fingerprint density at radius 2 is 1.76 bits per heavy atom. The van der Waals surface area contributed by atoms with Crippen molar-refractivity contribution >= 4 is 0 Å². The molecule has 5 nitrogen and oxygen atoms in total. The van der Waals surface area contributed by atoms with Crippen LogP contribution in [0.5, 0.6) is 5.75 Å². The monoisotopic (exact) mass is 281 g/mol. The number of benzene rings is 2. The van der Waals surface area contributed by atoms with E-state index in [4.69, 9.17) is 10.3 Å². The molecule has 0 spiro atoms. The van der Waals surface area contributed by atoms with Crippen LogP contribution < -0.4 is 5.73 Å². The number of aromatic nitrogens is 2. The summed E-state index contributed by atoms with van der Waals surface area (Å²) in [6.45, 7) is 0. The Balaban J connectivity index is 1.76. The molecule has 0 saturated heterocycles. The van der Waals surface area contributed by atoms with Crippen LogP contribution in [0, 0.1) is 0 Å². The first kappa shape index (κ1) is 13.3. The van der Waals surface area contributed by atoms with Crippen molar-refractivity contribution in [2.24, 2.45) is 5.73 Å². The van der Waals surface area contributed by atoms with E-state index in [1.54, 1.807) is 24.3 Å². The molecule has 1 atom stereocenters. The highest BCUT2D eigenvalue weighted by Crippen LogP contribution is 2.21. The summed E-state index contributed by atoms with van der Waals surface area (Å²) in [4.78, 5) is 4.32. The molecule has 1 aromatic heterocycles. The second kappa shape index (κ2) is 5.76. The van der Waals surface area contributed by atoms with Gasteiger partial charge >= 0.3 is 0 Å². The fourth-order valence-corrected chi connectivity index (χ4v) is 2.07. The van der Waals surface area contributed by atoms with Crippen LogP contribution in [0.25, 0.3) is 11.4 Å². The minimum Gasteiger partial charge on any atom is -0.508 e. The summed E-state index contributed by atoms with van der Waals surface area (Å²) >= 11 is 0. The van der Waals surface area contributed by atoms with E-state index in [9.17, 15) is 5.11 Å². The number of nitrogens with zero attached hydrogens (tertiary/aromatic N) is 2. The summed E-state index contributed by atoms with van der Waals surface area (Å²) in [5, 5.41) is 13.2. The minimum atomic E-state index is -0.342. The third-order valence-electron chi connectivity index (χ3n) is 3.18. The molecule has 0 saturated carbocycles. The molecular formula is C16H15N3O2. The largest absolute Gasteiger partial charge is 0.508 e.